The molecule has 1 fully saturated rings. The zero-order valence-corrected chi connectivity index (χ0v) is 16.4. The Morgan fingerprint density at radius 1 is 1.22 bits per heavy atom. The summed E-state index contributed by atoms with van der Waals surface area (Å²) in [5, 5.41) is 26.5. The number of nitro groups is 2. The highest BCUT2D eigenvalue weighted by molar-refractivity contribution is 5.86. The first-order chi connectivity index (χ1) is 12.6. The number of hydrogen-bond acceptors (Lipinski definition) is 6. The number of hydrazone groups is 1. The van der Waals surface area contributed by atoms with Crippen LogP contribution in [-0.4, -0.2) is 15.6 Å². The van der Waals surface area contributed by atoms with Gasteiger partial charge < -0.3 is 0 Å². The van der Waals surface area contributed by atoms with Crippen LogP contribution in [0.4, 0.5) is 17.1 Å². The van der Waals surface area contributed by atoms with Gasteiger partial charge in [-0.15, -0.1) is 0 Å². The smallest absolute Gasteiger partial charge is 0.272 e. The van der Waals surface area contributed by atoms with Crippen LogP contribution in [0.1, 0.15) is 59.8 Å². The molecule has 1 N–H and O–H groups in total. The fourth-order valence-electron chi connectivity index (χ4n) is 3.98. The Morgan fingerprint density at radius 2 is 1.93 bits per heavy atom. The SMILES string of the molecule is CCCC(C)(C)C1C/C(=N\Nc2ccc([N+](=O)[O-])cc2[N+](=O)[O-])CC(C)C1. The monoisotopic (exact) mass is 376 g/mol. The van der Waals surface area contributed by atoms with Crippen LogP contribution < -0.4 is 5.43 Å². The number of nitrogens with one attached hydrogen (secondary N) is 1. The fraction of sp³-hybridized carbons (Fsp3) is 0.632. The van der Waals surface area contributed by atoms with Crippen LogP contribution in [0.3, 0.4) is 0 Å². The predicted octanol–water partition coefficient (Wildman–Crippen LogP) is 5.53. The molecule has 0 spiro atoms. The summed E-state index contributed by atoms with van der Waals surface area (Å²) >= 11 is 0. The van der Waals surface area contributed by atoms with Crippen LogP contribution in [-0.2, 0) is 0 Å². The Morgan fingerprint density at radius 3 is 2.52 bits per heavy atom. The van der Waals surface area contributed by atoms with E-state index in [1.807, 2.05) is 0 Å². The van der Waals surface area contributed by atoms with Gasteiger partial charge in [-0.05, 0) is 49.0 Å². The van der Waals surface area contributed by atoms with Gasteiger partial charge >= 0.3 is 5.69 Å². The van der Waals surface area contributed by atoms with Crippen molar-refractivity contribution in [2.75, 3.05) is 5.43 Å². The molecule has 2 atom stereocenters. The van der Waals surface area contributed by atoms with Gasteiger partial charge in [-0.1, -0.05) is 34.1 Å². The fourth-order valence-corrected chi connectivity index (χ4v) is 3.98. The molecule has 1 saturated carbocycles. The second-order valence-corrected chi connectivity index (χ2v) is 8.19. The molecule has 1 aromatic rings. The van der Waals surface area contributed by atoms with Gasteiger partial charge in [0, 0.05) is 11.8 Å². The summed E-state index contributed by atoms with van der Waals surface area (Å²) in [5.74, 6) is 1.03. The molecule has 8 nitrogen and oxygen atoms in total. The van der Waals surface area contributed by atoms with Gasteiger partial charge in [0.2, 0.25) is 0 Å². The van der Waals surface area contributed by atoms with Crippen LogP contribution >= 0.6 is 0 Å². The van der Waals surface area contributed by atoms with E-state index in [4.69, 9.17) is 0 Å². The molecule has 0 heterocycles. The lowest BCUT2D eigenvalue weighted by Gasteiger charge is -2.39. The van der Waals surface area contributed by atoms with Gasteiger partial charge in [0.25, 0.3) is 5.69 Å². The normalized spacial score (nSPS) is 21.9. The molecule has 0 amide bonds. The zero-order chi connectivity index (χ0) is 20.2. The maximum Gasteiger partial charge on any atom is 0.301 e. The van der Waals surface area contributed by atoms with Crippen molar-refractivity contribution in [3.05, 3.63) is 38.4 Å². The Labute approximate surface area is 159 Å². The van der Waals surface area contributed by atoms with E-state index in [2.05, 4.69) is 38.2 Å². The Hall–Kier alpha value is -2.51. The van der Waals surface area contributed by atoms with Crippen molar-refractivity contribution < 1.29 is 9.85 Å². The minimum absolute atomic E-state index is 0.167. The number of benzene rings is 1. The van der Waals surface area contributed by atoms with Gasteiger partial charge in [-0.3, -0.25) is 25.7 Å². The van der Waals surface area contributed by atoms with Gasteiger partial charge in [0.05, 0.1) is 15.9 Å². The molecule has 2 unspecified atom stereocenters. The van der Waals surface area contributed by atoms with Crippen molar-refractivity contribution in [1.82, 2.24) is 0 Å². The second-order valence-electron chi connectivity index (χ2n) is 8.19. The molecular weight excluding hydrogens is 348 g/mol. The van der Waals surface area contributed by atoms with Crippen molar-refractivity contribution in [2.24, 2.45) is 22.4 Å². The van der Waals surface area contributed by atoms with Gasteiger partial charge in [-0.25, -0.2) is 0 Å². The highest BCUT2D eigenvalue weighted by atomic mass is 16.6. The Balaban J connectivity index is 2.21. The number of nitro benzene ring substituents is 2. The third-order valence-electron chi connectivity index (χ3n) is 5.48. The molecule has 1 aromatic carbocycles. The molecule has 1 aliphatic carbocycles. The average molecular weight is 376 g/mol. The van der Waals surface area contributed by atoms with E-state index in [0.717, 1.165) is 43.9 Å². The predicted molar refractivity (Wildman–Crippen MR) is 106 cm³/mol. The third-order valence-corrected chi connectivity index (χ3v) is 5.48. The first-order valence-electron chi connectivity index (χ1n) is 9.38. The van der Waals surface area contributed by atoms with E-state index in [9.17, 15) is 20.2 Å². The lowest BCUT2D eigenvalue weighted by atomic mass is 9.66. The molecule has 0 aliphatic heterocycles. The molecule has 2 rings (SSSR count). The van der Waals surface area contributed by atoms with Crippen molar-refractivity contribution >= 4 is 22.8 Å². The maximum atomic E-state index is 11.2. The summed E-state index contributed by atoms with van der Waals surface area (Å²) in [4.78, 5) is 20.8. The van der Waals surface area contributed by atoms with E-state index in [1.165, 1.54) is 12.1 Å². The minimum atomic E-state index is -0.647. The van der Waals surface area contributed by atoms with Crippen LogP contribution in [0.25, 0.3) is 0 Å². The minimum Gasteiger partial charge on any atom is -0.272 e. The highest BCUT2D eigenvalue weighted by Crippen LogP contribution is 2.42. The topological polar surface area (TPSA) is 111 Å². The molecule has 0 saturated heterocycles. The highest BCUT2D eigenvalue weighted by Gasteiger charge is 2.34. The molecule has 148 valence electrons. The zero-order valence-electron chi connectivity index (χ0n) is 16.4. The van der Waals surface area contributed by atoms with Crippen LogP contribution in [0.2, 0.25) is 0 Å². The molecule has 1 aliphatic rings. The first-order valence-corrected chi connectivity index (χ1v) is 9.38. The number of non-ortho nitro benzene ring substituents is 1. The molecular formula is C19H28N4O4. The van der Waals surface area contributed by atoms with Gasteiger partial charge in [0.1, 0.15) is 5.69 Å². The first kappa shape index (κ1) is 20.8. The molecule has 0 bridgehead atoms. The van der Waals surface area contributed by atoms with Crippen molar-refractivity contribution in [2.45, 2.75) is 59.8 Å². The number of nitrogens with zero attached hydrogens (tertiary/aromatic N) is 3. The van der Waals surface area contributed by atoms with E-state index in [-0.39, 0.29) is 22.5 Å². The number of hydrogen-bond donors (Lipinski definition) is 1. The van der Waals surface area contributed by atoms with Crippen molar-refractivity contribution in [3.63, 3.8) is 0 Å². The van der Waals surface area contributed by atoms with Crippen molar-refractivity contribution in [3.8, 4) is 0 Å². The third kappa shape index (κ3) is 5.24. The largest absolute Gasteiger partial charge is 0.301 e. The molecule has 8 heteroatoms. The average Bonchev–Trinajstić information content (AvgIpc) is 2.59. The second kappa shape index (κ2) is 8.45. The van der Waals surface area contributed by atoms with Gasteiger partial charge in [-0.2, -0.15) is 5.10 Å². The number of anilines is 1. The summed E-state index contributed by atoms with van der Waals surface area (Å²) < 4.78 is 0. The molecule has 0 radical (unpaired) electrons. The van der Waals surface area contributed by atoms with E-state index in [0.29, 0.717) is 11.8 Å². The standard InChI is InChI=1S/C19H28N4O4/c1-5-8-19(3,4)14-9-13(2)10-15(11-14)20-21-17-7-6-16(22(24)25)12-18(17)23(26)27/h6-7,12-14,21H,5,8-11H2,1-4H3/b20-15-. The van der Waals surface area contributed by atoms with E-state index < -0.39 is 9.85 Å². The Kier molecular flexibility index (Phi) is 6.51. The summed E-state index contributed by atoms with van der Waals surface area (Å²) in [6, 6.07) is 3.54. The molecule has 27 heavy (non-hydrogen) atoms. The molecule has 0 aromatic heterocycles. The Bertz CT molecular complexity index is 745. The number of rotatable bonds is 7. The van der Waals surface area contributed by atoms with Crippen LogP contribution in [0.5, 0.6) is 0 Å². The van der Waals surface area contributed by atoms with Crippen LogP contribution in [0.15, 0.2) is 23.3 Å². The van der Waals surface area contributed by atoms with Crippen molar-refractivity contribution in [1.29, 1.82) is 0 Å². The maximum absolute atomic E-state index is 11.2. The summed E-state index contributed by atoms with van der Waals surface area (Å²) in [5.41, 5.74) is 3.51. The lowest BCUT2D eigenvalue weighted by molar-refractivity contribution is -0.393. The van der Waals surface area contributed by atoms with Gasteiger partial charge in [0.15, 0.2) is 0 Å². The summed E-state index contributed by atoms with van der Waals surface area (Å²) in [6.07, 6.45) is 5.16. The van der Waals surface area contributed by atoms with Crippen LogP contribution in [0, 0.1) is 37.5 Å². The quantitative estimate of drug-likeness (QED) is 0.496. The van der Waals surface area contributed by atoms with E-state index in [1.54, 1.807) is 0 Å². The van der Waals surface area contributed by atoms with E-state index >= 15 is 0 Å². The summed E-state index contributed by atoms with van der Waals surface area (Å²) in [7, 11) is 0. The summed E-state index contributed by atoms with van der Waals surface area (Å²) in [6.45, 7) is 8.99. The lowest BCUT2D eigenvalue weighted by Crippen LogP contribution is -2.32.